The maximum Gasteiger partial charge on any atom is 0.306 e. The highest BCUT2D eigenvalue weighted by Gasteiger charge is 2.12. The number of aliphatic hydroxyl groups is 1. The summed E-state index contributed by atoms with van der Waals surface area (Å²) in [6.45, 7) is 0.750. The van der Waals surface area contributed by atoms with E-state index >= 15 is 0 Å². The molecule has 0 bridgehead atoms. The zero-order valence-electron chi connectivity index (χ0n) is 9.06. The molecule has 1 amide bonds. The fourth-order valence-corrected chi connectivity index (χ4v) is 1.13. The lowest BCUT2D eigenvalue weighted by Gasteiger charge is -2.18. The van der Waals surface area contributed by atoms with Crippen LogP contribution in [0.2, 0.25) is 0 Å². The van der Waals surface area contributed by atoms with Crippen molar-refractivity contribution in [3.63, 3.8) is 0 Å². The van der Waals surface area contributed by atoms with Gasteiger partial charge in [-0.2, -0.15) is 0 Å². The van der Waals surface area contributed by atoms with Crippen LogP contribution in [0.3, 0.4) is 0 Å². The third-order valence-electron chi connectivity index (χ3n) is 1.93. The molecule has 0 aliphatic rings. The van der Waals surface area contributed by atoms with Crippen LogP contribution in [0, 0.1) is 0 Å². The molecular formula is C9H18N2O4. The molecule has 0 spiro atoms. The van der Waals surface area contributed by atoms with E-state index < -0.39 is 12.1 Å². The van der Waals surface area contributed by atoms with Crippen LogP contribution < -0.4 is 5.32 Å². The number of hydrogen-bond acceptors (Lipinski definition) is 4. The van der Waals surface area contributed by atoms with Crippen molar-refractivity contribution in [2.24, 2.45) is 0 Å². The monoisotopic (exact) mass is 218 g/mol. The van der Waals surface area contributed by atoms with E-state index in [2.05, 4.69) is 5.32 Å². The van der Waals surface area contributed by atoms with Crippen molar-refractivity contribution in [1.82, 2.24) is 10.2 Å². The third-order valence-corrected chi connectivity index (χ3v) is 1.93. The zero-order valence-corrected chi connectivity index (χ0v) is 9.06. The summed E-state index contributed by atoms with van der Waals surface area (Å²) in [7, 11) is 3.29. The average Bonchev–Trinajstić information content (AvgIpc) is 2.12. The second-order valence-corrected chi connectivity index (χ2v) is 3.44. The summed E-state index contributed by atoms with van der Waals surface area (Å²) < 4.78 is 0. The molecule has 0 saturated carbocycles. The molecule has 0 aliphatic heterocycles. The minimum Gasteiger partial charge on any atom is -0.481 e. The first kappa shape index (κ1) is 13.9. The van der Waals surface area contributed by atoms with E-state index in [1.807, 2.05) is 0 Å². The lowest BCUT2D eigenvalue weighted by Crippen LogP contribution is -2.33. The van der Waals surface area contributed by atoms with Gasteiger partial charge in [0, 0.05) is 26.6 Å². The van der Waals surface area contributed by atoms with Crippen molar-refractivity contribution < 1.29 is 19.8 Å². The Morgan fingerprint density at radius 1 is 1.47 bits per heavy atom. The molecule has 6 nitrogen and oxygen atoms in total. The third kappa shape index (κ3) is 7.90. The predicted octanol–water partition coefficient (Wildman–Crippen LogP) is -1.11. The van der Waals surface area contributed by atoms with Crippen LogP contribution in [0.4, 0.5) is 0 Å². The van der Waals surface area contributed by atoms with Gasteiger partial charge in [-0.25, -0.2) is 0 Å². The second-order valence-electron chi connectivity index (χ2n) is 3.44. The Morgan fingerprint density at radius 3 is 2.53 bits per heavy atom. The first-order chi connectivity index (χ1) is 6.95. The number of rotatable bonds is 7. The Morgan fingerprint density at radius 2 is 2.07 bits per heavy atom. The van der Waals surface area contributed by atoms with Crippen LogP contribution >= 0.6 is 0 Å². The van der Waals surface area contributed by atoms with Crippen LogP contribution in [0.15, 0.2) is 0 Å². The molecule has 0 aromatic rings. The van der Waals surface area contributed by atoms with E-state index in [0.29, 0.717) is 13.0 Å². The number of nitrogens with one attached hydrogen (secondary N) is 1. The van der Waals surface area contributed by atoms with Gasteiger partial charge in [-0.3, -0.25) is 9.59 Å². The molecule has 0 heterocycles. The Labute approximate surface area is 88.9 Å². The number of hydrogen-bond donors (Lipinski definition) is 3. The number of carbonyl (C=O) groups excluding carboxylic acids is 1. The number of carboxylic acids is 1. The molecule has 6 heteroatoms. The van der Waals surface area contributed by atoms with Crippen LogP contribution in [-0.2, 0) is 9.59 Å². The Hall–Kier alpha value is -1.14. The van der Waals surface area contributed by atoms with Gasteiger partial charge >= 0.3 is 5.97 Å². The molecule has 88 valence electrons. The number of amides is 1. The van der Waals surface area contributed by atoms with E-state index in [9.17, 15) is 14.7 Å². The van der Waals surface area contributed by atoms with E-state index in [0.717, 1.165) is 0 Å². The molecule has 0 rings (SSSR count). The van der Waals surface area contributed by atoms with Gasteiger partial charge in [-0.15, -0.1) is 0 Å². The van der Waals surface area contributed by atoms with Crippen molar-refractivity contribution in [2.75, 3.05) is 27.2 Å². The lowest BCUT2D eigenvalue weighted by molar-refractivity contribution is -0.139. The van der Waals surface area contributed by atoms with Gasteiger partial charge in [0.1, 0.15) is 0 Å². The number of carboxylic acid groups (broad SMARTS) is 1. The lowest BCUT2D eigenvalue weighted by atomic mass is 10.2. The van der Waals surface area contributed by atoms with Crippen molar-refractivity contribution in [1.29, 1.82) is 0 Å². The molecule has 15 heavy (non-hydrogen) atoms. The highest BCUT2D eigenvalue weighted by molar-refractivity contribution is 5.75. The van der Waals surface area contributed by atoms with E-state index in [1.165, 1.54) is 0 Å². The number of nitrogens with zero attached hydrogens (tertiary/aromatic N) is 1. The van der Waals surface area contributed by atoms with E-state index in [4.69, 9.17) is 5.11 Å². The Balaban J connectivity index is 3.68. The summed E-state index contributed by atoms with van der Waals surface area (Å²) >= 11 is 0. The first-order valence-electron chi connectivity index (χ1n) is 4.74. The molecule has 1 unspecified atom stereocenters. The highest BCUT2D eigenvalue weighted by atomic mass is 16.4. The molecule has 1 atom stereocenters. The summed E-state index contributed by atoms with van der Waals surface area (Å²) in [4.78, 5) is 22.9. The second kappa shape index (κ2) is 7.19. The summed E-state index contributed by atoms with van der Waals surface area (Å²) in [5.74, 6) is -1.10. The number of aliphatic carboxylic acids is 1. The van der Waals surface area contributed by atoms with E-state index in [1.54, 1.807) is 19.0 Å². The summed E-state index contributed by atoms with van der Waals surface area (Å²) in [5, 5.41) is 20.2. The van der Waals surface area contributed by atoms with Gasteiger partial charge in [0.05, 0.1) is 12.5 Å². The summed E-state index contributed by atoms with van der Waals surface area (Å²) in [5.41, 5.74) is 0. The number of likely N-dealkylation sites (N-methyl/N-ethyl adjacent to an activating group) is 1. The molecule has 0 aliphatic carbocycles. The fourth-order valence-electron chi connectivity index (χ4n) is 1.13. The summed E-state index contributed by atoms with van der Waals surface area (Å²) in [6, 6.07) is 0. The number of aliphatic hydroxyl groups excluding tert-OH is 1. The predicted molar refractivity (Wildman–Crippen MR) is 54.4 cm³/mol. The maximum atomic E-state index is 10.9. The van der Waals surface area contributed by atoms with Gasteiger partial charge in [0.2, 0.25) is 5.91 Å². The molecule has 3 N–H and O–H groups in total. The maximum absolute atomic E-state index is 10.9. The molecule has 0 aromatic heterocycles. The minimum absolute atomic E-state index is 0.0745. The van der Waals surface area contributed by atoms with Gasteiger partial charge in [-0.05, 0) is 7.05 Å². The Kier molecular flexibility index (Phi) is 6.64. The van der Waals surface area contributed by atoms with E-state index in [-0.39, 0.29) is 18.9 Å². The molecule has 0 aromatic carbocycles. The van der Waals surface area contributed by atoms with Crippen LogP contribution in [0.1, 0.15) is 12.8 Å². The SMILES string of the molecule is CNC(=O)CCN(C)CC(O)CC(=O)O. The van der Waals surface area contributed by atoms with Crippen molar-refractivity contribution in [3.05, 3.63) is 0 Å². The van der Waals surface area contributed by atoms with Crippen LogP contribution in [0.25, 0.3) is 0 Å². The van der Waals surface area contributed by atoms with Crippen LogP contribution in [0.5, 0.6) is 0 Å². The molecule has 0 saturated heterocycles. The van der Waals surface area contributed by atoms with Gasteiger partial charge in [0.15, 0.2) is 0 Å². The quantitative estimate of drug-likeness (QED) is 0.504. The molecule has 0 fully saturated rings. The van der Waals surface area contributed by atoms with Crippen LogP contribution in [-0.4, -0.2) is 60.3 Å². The fraction of sp³-hybridized carbons (Fsp3) is 0.778. The normalized spacial score (nSPS) is 12.5. The Bertz CT molecular complexity index is 220. The minimum atomic E-state index is -1.03. The summed E-state index contributed by atoms with van der Waals surface area (Å²) in [6.07, 6.45) is -0.825. The van der Waals surface area contributed by atoms with Gasteiger partial charge < -0.3 is 20.4 Å². The first-order valence-corrected chi connectivity index (χ1v) is 4.74. The van der Waals surface area contributed by atoms with Gasteiger partial charge in [-0.1, -0.05) is 0 Å². The van der Waals surface area contributed by atoms with Crippen molar-refractivity contribution >= 4 is 11.9 Å². The average molecular weight is 218 g/mol. The standard InChI is InChI=1S/C9H18N2O4/c1-10-8(13)3-4-11(2)6-7(12)5-9(14)15/h7,12H,3-6H2,1-2H3,(H,10,13)(H,14,15). The van der Waals surface area contributed by atoms with Crippen molar-refractivity contribution in [2.45, 2.75) is 18.9 Å². The van der Waals surface area contributed by atoms with Crippen molar-refractivity contribution in [3.8, 4) is 0 Å². The largest absolute Gasteiger partial charge is 0.481 e. The number of carbonyl (C=O) groups is 2. The zero-order chi connectivity index (χ0) is 11.8. The van der Waals surface area contributed by atoms with Gasteiger partial charge in [0.25, 0.3) is 0 Å². The topological polar surface area (TPSA) is 89.9 Å². The molecule has 0 radical (unpaired) electrons. The highest BCUT2D eigenvalue weighted by Crippen LogP contribution is 1.96. The molecular weight excluding hydrogens is 200 g/mol. The smallest absolute Gasteiger partial charge is 0.306 e.